The van der Waals surface area contributed by atoms with Gasteiger partial charge in [0.05, 0.1) is 36.2 Å². The van der Waals surface area contributed by atoms with Gasteiger partial charge in [0.2, 0.25) is 9.84 Å². The molecule has 0 saturated heterocycles. The highest BCUT2D eigenvalue weighted by molar-refractivity contribution is 7.91. The molecular formula is C28H34O10S. The molecule has 0 aromatic heterocycles. The van der Waals surface area contributed by atoms with E-state index in [0.29, 0.717) is 22.6 Å². The second-order valence-electron chi connectivity index (χ2n) is 8.20. The quantitative estimate of drug-likeness (QED) is 0.151. The molecule has 0 heterocycles. The van der Waals surface area contributed by atoms with Gasteiger partial charge in [0.1, 0.15) is 37.9 Å². The van der Waals surface area contributed by atoms with Gasteiger partial charge < -0.3 is 28.4 Å². The Kier molecular flexibility index (Phi) is 13.2. The number of rotatable bonds is 18. The van der Waals surface area contributed by atoms with E-state index in [4.69, 9.17) is 28.4 Å². The lowest BCUT2D eigenvalue weighted by atomic mass is 10.3. The zero-order valence-electron chi connectivity index (χ0n) is 22.2. The molecule has 212 valence electrons. The Morgan fingerprint density at radius 1 is 0.590 bits per heavy atom. The van der Waals surface area contributed by atoms with Crippen LogP contribution in [-0.4, -0.2) is 73.2 Å². The van der Waals surface area contributed by atoms with Crippen LogP contribution in [0.5, 0.6) is 11.5 Å². The van der Waals surface area contributed by atoms with Gasteiger partial charge in [0.25, 0.3) is 0 Å². The Bertz CT molecular complexity index is 1110. The maximum atomic E-state index is 13.0. The second-order valence-corrected chi connectivity index (χ2v) is 10.2. The fraction of sp³-hybridized carbons (Fsp3) is 0.357. The van der Waals surface area contributed by atoms with E-state index >= 15 is 0 Å². The predicted octanol–water partition coefficient (Wildman–Crippen LogP) is 3.55. The Balaban J connectivity index is 1.71. The average Bonchev–Trinajstić information content (AvgIpc) is 2.92. The summed E-state index contributed by atoms with van der Waals surface area (Å²) in [5.41, 5.74) is 0.650. The average molecular weight is 563 g/mol. The van der Waals surface area contributed by atoms with Crippen molar-refractivity contribution in [2.75, 3.05) is 52.9 Å². The molecule has 0 bridgehead atoms. The molecule has 0 amide bonds. The summed E-state index contributed by atoms with van der Waals surface area (Å²) in [4.78, 5) is 22.8. The Labute approximate surface area is 229 Å². The molecule has 0 unspecified atom stereocenters. The van der Waals surface area contributed by atoms with Crippen LogP contribution in [-0.2, 0) is 38.4 Å². The molecule has 0 saturated carbocycles. The number of benzene rings is 2. The summed E-state index contributed by atoms with van der Waals surface area (Å²) in [5.74, 6) is 0.0546. The molecule has 10 nitrogen and oxygen atoms in total. The first-order valence-corrected chi connectivity index (χ1v) is 13.6. The third-order valence-corrected chi connectivity index (χ3v) is 6.66. The molecule has 39 heavy (non-hydrogen) atoms. The van der Waals surface area contributed by atoms with Crippen LogP contribution in [0.2, 0.25) is 0 Å². The van der Waals surface area contributed by atoms with Crippen LogP contribution in [0.4, 0.5) is 0 Å². The third-order valence-electron chi connectivity index (χ3n) is 4.88. The number of carbonyl (C=O) groups is 2. The lowest BCUT2D eigenvalue weighted by molar-refractivity contribution is -0.141. The van der Waals surface area contributed by atoms with Crippen molar-refractivity contribution in [3.05, 3.63) is 72.8 Å². The largest absolute Gasteiger partial charge is 0.491 e. The first kappa shape index (κ1) is 31.5. The summed E-state index contributed by atoms with van der Waals surface area (Å²) in [6.07, 6.45) is 0. The lowest BCUT2D eigenvalue weighted by Crippen LogP contribution is -2.14. The van der Waals surface area contributed by atoms with Gasteiger partial charge in [-0.05, 0) is 62.4 Å². The van der Waals surface area contributed by atoms with Crippen LogP contribution in [0.15, 0.2) is 82.6 Å². The van der Waals surface area contributed by atoms with Crippen molar-refractivity contribution in [3.63, 3.8) is 0 Å². The Morgan fingerprint density at radius 2 is 0.923 bits per heavy atom. The molecule has 0 N–H and O–H groups in total. The van der Waals surface area contributed by atoms with Crippen molar-refractivity contribution >= 4 is 21.8 Å². The fourth-order valence-corrected chi connectivity index (χ4v) is 4.10. The highest BCUT2D eigenvalue weighted by Crippen LogP contribution is 2.25. The maximum absolute atomic E-state index is 13.0. The first-order chi connectivity index (χ1) is 18.6. The SMILES string of the molecule is C=C(C)C(=O)OCCOCCOc1ccc(S(=O)(=O)c2ccc(OCCOCCOC(=O)C(=C)C)cc2)cc1. The number of ether oxygens (including phenoxy) is 6. The summed E-state index contributed by atoms with van der Waals surface area (Å²) < 4.78 is 57.5. The van der Waals surface area contributed by atoms with Crippen molar-refractivity contribution in [1.29, 1.82) is 0 Å². The monoisotopic (exact) mass is 562 g/mol. The van der Waals surface area contributed by atoms with Crippen LogP contribution in [0.3, 0.4) is 0 Å². The van der Waals surface area contributed by atoms with Crippen molar-refractivity contribution in [2.45, 2.75) is 23.6 Å². The van der Waals surface area contributed by atoms with E-state index in [0.717, 1.165) is 0 Å². The normalized spacial score (nSPS) is 10.9. The molecule has 0 atom stereocenters. The number of hydrogen-bond acceptors (Lipinski definition) is 10. The molecule has 2 aromatic carbocycles. The molecule has 2 rings (SSSR count). The standard InChI is InChI=1S/C28H34O10S/c1-21(2)27(29)37-19-15-33-13-17-35-23-5-9-25(10-6-23)39(31,32)26-11-7-24(8-12-26)36-18-14-34-16-20-38-28(30)22(3)4/h5-12H,1,3,13-20H2,2,4H3. The van der Waals surface area contributed by atoms with Crippen molar-refractivity contribution < 1.29 is 46.4 Å². The number of carbonyl (C=O) groups excluding carboxylic acids is 2. The zero-order valence-corrected chi connectivity index (χ0v) is 23.0. The van der Waals surface area contributed by atoms with Crippen molar-refractivity contribution in [3.8, 4) is 11.5 Å². The van der Waals surface area contributed by atoms with Gasteiger partial charge in [-0.1, -0.05) is 13.2 Å². The molecular weight excluding hydrogens is 528 g/mol. The smallest absolute Gasteiger partial charge is 0.333 e. The number of esters is 2. The zero-order chi connectivity index (χ0) is 28.7. The summed E-state index contributed by atoms with van der Waals surface area (Å²) in [5, 5.41) is 0. The van der Waals surface area contributed by atoms with Crippen molar-refractivity contribution in [1.82, 2.24) is 0 Å². The maximum Gasteiger partial charge on any atom is 0.333 e. The van der Waals surface area contributed by atoms with Crippen molar-refractivity contribution in [2.24, 2.45) is 0 Å². The van der Waals surface area contributed by atoms with Crippen LogP contribution < -0.4 is 9.47 Å². The minimum absolute atomic E-state index is 0.121. The Morgan fingerprint density at radius 3 is 1.26 bits per heavy atom. The van der Waals surface area contributed by atoms with Gasteiger partial charge in [-0.3, -0.25) is 0 Å². The summed E-state index contributed by atoms with van der Waals surface area (Å²) in [6, 6.07) is 12.2. The first-order valence-electron chi connectivity index (χ1n) is 12.1. The summed E-state index contributed by atoms with van der Waals surface area (Å²) >= 11 is 0. The number of sulfone groups is 1. The van der Waals surface area contributed by atoms with Gasteiger partial charge in [-0.2, -0.15) is 0 Å². The van der Waals surface area contributed by atoms with E-state index in [-0.39, 0.29) is 62.6 Å². The molecule has 0 fully saturated rings. The third kappa shape index (κ3) is 11.3. The molecule has 0 spiro atoms. The highest BCUT2D eigenvalue weighted by atomic mass is 32.2. The predicted molar refractivity (Wildman–Crippen MR) is 143 cm³/mol. The topological polar surface area (TPSA) is 124 Å². The lowest BCUT2D eigenvalue weighted by Gasteiger charge is -2.10. The van der Waals surface area contributed by atoms with Gasteiger partial charge in [-0.15, -0.1) is 0 Å². The molecule has 0 aliphatic rings. The van der Waals surface area contributed by atoms with E-state index in [1.54, 1.807) is 38.1 Å². The van der Waals surface area contributed by atoms with Gasteiger partial charge in [0.15, 0.2) is 0 Å². The second kappa shape index (κ2) is 16.3. The van der Waals surface area contributed by atoms with Crippen LogP contribution >= 0.6 is 0 Å². The minimum atomic E-state index is -3.73. The fourth-order valence-electron chi connectivity index (χ4n) is 2.84. The highest BCUT2D eigenvalue weighted by Gasteiger charge is 2.17. The molecule has 11 heteroatoms. The summed E-state index contributed by atoms with van der Waals surface area (Å²) in [7, 11) is -3.73. The van der Waals surface area contributed by atoms with E-state index < -0.39 is 21.8 Å². The van der Waals surface area contributed by atoms with Gasteiger partial charge >= 0.3 is 11.9 Å². The van der Waals surface area contributed by atoms with E-state index in [1.165, 1.54) is 24.3 Å². The van der Waals surface area contributed by atoms with Crippen LogP contribution in [0.25, 0.3) is 0 Å². The molecule has 0 aliphatic heterocycles. The number of hydrogen-bond donors (Lipinski definition) is 0. The molecule has 2 aromatic rings. The molecule has 0 radical (unpaired) electrons. The van der Waals surface area contributed by atoms with Gasteiger partial charge in [0, 0.05) is 11.1 Å². The van der Waals surface area contributed by atoms with E-state index in [9.17, 15) is 18.0 Å². The van der Waals surface area contributed by atoms with E-state index in [1.807, 2.05) is 0 Å². The Hall–Kier alpha value is -3.67. The molecule has 0 aliphatic carbocycles. The van der Waals surface area contributed by atoms with E-state index in [2.05, 4.69) is 13.2 Å². The summed E-state index contributed by atoms with van der Waals surface area (Å²) in [6.45, 7) is 11.9. The minimum Gasteiger partial charge on any atom is -0.491 e. The van der Waals surface area contributed by atoms with Gasteiger partial charge in [-0.25, -0.2) is 18.0 Å². The van der Waals surface area contributed by atoms with Crippen LogP contribution in [0.1, 0.15) is 13.8 Å². The van der Waals surface area contributed by atoms with Crippen LogP contribution in [0, 0.1) is 0 Å².